The molecule has 1 aromatic rings. The minimum absolute atomic E-state index is 0.184. The number of aromatic nitrogens is 1. The molecule has 1 fully saturated rings. The second-order valence-corrected chi connectivity index (χ2v) is 5.54. The highest BCUT2D eigenvalue weighted by Crippen LogP contribution is 2.29. The van der Waals surface area contributed by atoms with Crippen LogP contribution in [-0.4, -0.2) is 29.7 Å². The third-order valence-corrected chi connectivity index (χ3v) is 4.07. The Morgan fingerprint density at radius 2 is 2.19 bits per heavy atom. The number of nitrogens with one attached hydrogen (secondary N) is 1. The van der Waals surface area contributed by atoms with Gasteiger partial charge >= 0.3 is 5.97 Å². The van der Waals surface area contributed by atoms with Gasteiger partial charge in [0.15, 0.2) is 0 Å². The van der Waals surface area contributed by atoms with Gasteiger partial charge in [-0.1, -0.05) is 0 Å². The van der Waals surface area contributed by atoms with Crippen LogP contribution in [0, 0.1) is 0 Å². The zero-order chi connectivity index (χ0) is 11.8. The van der Waals surface area contributed by atoms with Gasteiger partial charge in [-0.25, -0.2) is 18.2 Å². The third-order valence-electron chi connectivity index (χ3n) is 2.20. The highest BCUT2D eigenvalue weighted by Gasteiger charge is 2.35. The molecule has 16 heavy (non-hydrogen) atoms. The highest BCUT2D eigenvalue weighted by atomic mass is 32.2. The van der Waals surface area contributed by atoms with E-state index in [9.17, 15) is 13.2 Å². The Labute approximate surface area is 92.4 Å². The van der Waals surface area contributed by atoms with Crippen LogP contribution in [0.25, 0.3) is 0 Å². The molecule has 1 aromatic heterocycles. The molecule has 2 rings (SSSR count). The first-order valence-corrected chi connectivity index (χ1v) is 6.24. The lowest BCUT2D eigenvalue weighted by molar-refractivity contribution is 0.0690. The average Bonchev–Trinajstić information content (AvgIpc) is 3.00. The van der Waals surface area contributed by atoms with Crippen LogP contribution in [-0.2, 0) is 10.0 Å². The summed E-state index contributed by atoms with van der Waals surface area (Å²) in [5, 5.41) is 8.35. The Kier molecular flexibility index (Phi) is 2.55. The average molecular weight is 242 g/mol. The fraction of sp³-hybridized carbons (Fsp3) is 0.333. The van der Waals surface area contributed by atoms with Gasteiger partial charge in [-0.2, -0.15) is 0 Å². The molecule has 2 N–H and O–H groups in total. The van der Waals surface area contributed by atoms with E-state index in [-0.39, 0.29) is 16.6 Å². The van der Waals surface area contributed by atoms with Crippen molar-refractivity contribution < 1.29 is 18.3 Å². The summed E-state index contributed by atoms with van der Waals surface area (Å²) in [6.07, 6.45) is 2.58. The smallest absolute Gasteiger partial charge is 0.354 e. The maximum absolute atomic E-state index is 11.6. The van der Waals surface area contributed by atoms with Crippen molar-refractivity contribution in [2.75, 3.05) is 4.72 Å². The lowest BCUT2D eigenvalue weighted by Gasteiger charge is -2.06. The molecule has 86 valence electrons. The van der Waals surface area contributed by atoms with E-state index in [1.165, 1.54) is 18.3 Å². The summed E-state index contributed by atoms with van der Waals surface area (Å²) >= 11 is 0. The number of hydrogen-bond acceptors (Lipinski definition) is 4. The van der Waals surface area contributed by atoms with Crippen molar-refractivity contribution in [3.05, 3.63) is 24.0 Å². The molecule has 0 aromatic carbocycles. The van der Waals surface area contributed by atoms with Crippen LogP contribution in [0.3, 0.4) is 0 Å². The van der Waals surface area contributed by atoms with Crippen LogP contribution in [0.2, 0.25) is 0 Å². The summed E-state index contributed by atoms with van der Waals surface area (Å²) in [7, 11) is -3.35. The minimum Gasteiger partial charge on any atom is -0.477 e. The largest absolute Gasteiger partial charge is 0.477 e. The predicted octanol–water partition coefficient (Wildman–Crippen LogP) is 0.684. The molecule has 1 heterocycles. The van der Waals surface area contributed by atoms with E-state index >= 15 is 0 Å². The zero-order valence-corrected chi connectivity index (χ0v) is 9.07. The topological polar surface area (TPSA) is 96.4 Å². The molecule has 0 aliphatic heterocycles. The Morgan fingerprint density at radius 3 is 2.75 bits per heavy atom. The number of carboxylic acid groups (broad SMARTS) is 1. The molecule has 0 unspecified atom stereocenters. The Balaban J connectivity index is 2.21. The van der Waals surface area contributed by atoms with Crippen molar-refractivity contribution in [3.8, 4) is 0 Å². The van der Waals surface area contributed by atoms with Gasteiger partial charge in [-0.3, -0.25) is 4.72 Å². The van der Waals surface area contributed by atoms with Gasteiger partial charge in [0, 0.05) is 6.20 Å². The molecule has 1 aliphatic carbocycles. The van der Waals surface area contributed by atoms with E-state index in [1.807, 2.05) is 0 Å². The van der Waals surface area contributed by atoms with Crippen LogP contribution < -0.4 is 4.72 Å². The molecule has 0 atom stereocenters. The fourth-order valence-electron chi connectivity index (χ4n) is 1.24. The van der Waals surface area contributed by atoms with Crippen molar-refractivity contribution in [1.29, 1.82) is 0 Å². The monoisotopic (exact) mass is 242 g/mol. The first-order valence-electron chi connectivity index (χ1n) is 4.70. The number of rotatable bonds is 4. The first-order chi connectivity index (χ1) is 7.49. The molecular weight excluding hydrogens is 232 g/mol. The number of anilines is 1. The van der Waals surface area contributed by atoms with Gasteiger partial charge in [0.2, 0.25) is 10.0 Å². The maximum Gasteiger partial charge on any atom is 0.354 e. The standard InChI is InChI=1S/C9H10N2O4S/c12-9(13)8-5-6(3-4-10-8)11-16(14,15)7-1-2-7/h3-5,7H,1-2H2,(H,10,11)(H,12,13). The molecule has 1 saturated carbocycles. The van der Waals surface area contributed by atoms with Gasteiger partial charge in [0.1, 0.15) is 5.69 Å². The summed E-state index contributed by atoms with van der Waals surface area (Å²) in [4.78, 5) is 14.2. The number of aromatic carboxylic acids is 1. The van der Waals surface area contributed by atoms with Crippen molar-refractivity contribution in [3.63, 3.8) is 0 Å². The number of nitrogens with zero attached hydrogens (tertiary/aromatic N) is 1. The van der Waals surface area contributed by atoms with Crippen LogP contribution in [0.4, 0.5) is 5.69 Å². The normalized spacial score (nSPS) is 15.8. The van der Waals surface area contributed by atoms with Crippen LogP contribution in [0.1, 0.15) is 23.3 Å². The molecule has 0 spiro atoms. The van der Waals surface area contributed by atoms with Gasteiger partial charge in [0.25, 0.3) is 0 Å². The van der Waals surface area contributed by atoms with Crippen LogP contribution in [0.5, 0.6) is 0 Å². The summed E-state index contributed by atoms with van der Waals surface area (Å²) in [6, 6.07) is 2.62. The Morgan fingerprint density at radius 1 is 1.50 bits per heavy atom. The number of hydrogen-bond donors (Lipinski definition) is 2. The Hall–Kier alpha value is -1.63. The van der Waals surface area contributed by atoms with Crippen LogP contribution >= 0.6 is 0 Å². The summed E-state index contributed by atoms with van der Waals surface area (Å²) in [5.41, 5.74) is 0.0512. The Bertz CT molecular complexity index is 522. The van der Waals surface area contributed by atoms with Crippen molar-refractivity contribution in [1.82, 2.24) is 4.98 Å². The summed E-state index contributed by atoms with van der Waals surface area (Å²) in [5.74, 6) is -1.19. The fourth-order valence-corrected chi connectivity index (χ4v) is 2.62. The van der Waals surface area contributed by atoms with Crippen molar-refractivity contribution >= 4 is 21.7 Å². The first kappa shape index (κ1) is 10.9. The lowest BCUT2D eigenvalue weighted by atomic mass is 10.3. The molecule has 7 heteroatoms. The quantitative estimate of drug-likeness (QED) is 0.809. The SMILES string of the molecule is O=C(O)c1cc(NS(=O)(=O)C2CC2)ccn1. The van der Waals surface area contributed by atoms with E-state index in [0.29, 0.717) is 12.8 Å². The van der Waals surface area contributed by atoms with E-state index in [2.05, 4.69) is 9.71 Å². The maximum atomic E-state index is 11.6. The molecular formula is C9H10N2O4S. The second kappa shape index (κ2) is 3.75. The van der Waals surface area contributed by atoms with Crippen molar-refractivity contribution in [2.45, 2.75) is 18.1 Å². The van der Waals surface area contributed by atoms with Gasteiger partial charge < -0.3 is 5.11 Å². The van der Waals surface area contributed by atoms with E-state index in [4.69, 9.17) is 5.11 Å². The zero-order valence-electron chi connectivity index (χ0n) is 8.25. The lowest BCUT2D eigenvalue weighted by Crippen LogP contribution is -2.17. The van der Waals surface area contributed by atoms with Gasteiger partial charge in [0.05, 0.1) is 10.9 Å². The minimum atomic E-state index is -3.35. The number of carbonyl (C=O) groups is 1. The summed E-state index contributed by atoms with van der Waals surface area (Å²) < 4.78 is 25.5. The predicted molar refractivity (Wildman–Crippen MR) is 56.8 cm³/mol. The number of sulfonamides is 1. The van der Waals surface area contributed by atoms with E-state index in [0.717, 1.165) is 0 Å². The molecule has 0 amide bonds. The van der Waals surface area contributed by atoms with Crippen molar-refractivity contribution in [2.24, 2.45) is 0 Å². The van der Waals surface area contributed by atoms with E-state index < -0.39 is 16.0 Å². The molecule has 0 bridgehead atoms. The molecule has 6 nitrogen and oxygen atoms in total. The molecule has 0 saturated heterocycles. The molecule has 1 aliphatic rings. The third kappa shape index (κ3) is 2.30. The summed E-state index contributed by atoms with van der Waals surface area (Å²) in [6.45, 7) is 0. The van der Waals surface area contributed by atoms with E-state index in [1.54, 1.807) is 0 Å². The number of pyridine rings is 1. The van der Waals surface area contributed by atoms with Crippen LogP contribution in [0.15, 0.2) is 18.3 Å². The second-order valence-electron chi connectivity index (χ2n) is 3.58. The molecule has 0 radical (unpaired) electrons. The van der Waals surface area contributed by atoms with Gasteiger partial charge in [-0.05, 0) is 25.0 Å². The van der Waals surface area contributed by atoms with Gasteiger partial charge in [-0.15, -0.1) is 0 Å². The highest BCUT2D eigenvalue weighted by molar-refractivity contribution is 7.93. The number of carboxylic acids is 1.